The van der Waals surface area contributed by atoms with Gasteiger partial charge in [0.05, 0.1) is 12.7 Å². The fraction of sp³-hybridized carbons (Fsp3) is 0.412. The fourth-order valence-electron chi connectivity index (χ4n) is 2.90. The number of carbonyl (C=O) groups excluding carboxylic acids is 1. The Hall–Kier alpha value is -2.30. The van der Waals surface area contributed by atoms with Crippen molar-refractivity contribution in [3.05, 3.63) is 36.0 Å². The number of likely N-dealkylation sites (tertiary alicyclic amines) is 1. The van der Waals surface area contributed by atoms with Crippen LogP contribution in [0.25, 0.3) is 11.3 Å². The molecule has 1 aliphatic rings. The number of amides is 1. The molecule has 0 saturated carbocycles. The molecule has 22 heavy (non-hydrogen) atoms. The van der Waals surface area contributed by atoms with Gasteiger partial charge in [0.15, 0.2) is 11.5 Å². The van der Waals surface area contributed by atoms with Crippen LogP contribution in [0.1, 0.15) is 36.7 Å². The summed E-state index contributed by atoms with van der Waals surface area (Å²) in [5.41, 5.74) is 1.15. The molecule has 1 fully saturated rings. The van der Waals surface area contributed by atoms with E-state index in [-0.39, 0.29) is 11.9 Å². The first kappa shape index (κ1) is 14.6. The van der Waals surface area contributed by atoms with E-state index >= 15 is 0 Å². The average molecular weight is 300 g/mol. The molecule has 1 amide bonds. The van der Waals surface area contributed by atoms with Crippen molar-refractivity contribution in [1.29, 1.82) is 0 Å². The zero-order chi connectivity index (χ0) is 15.5. The van der Waals surface area contributed by atoms with E-state index in [1.165, 1.54) is 6.42 Å². The number of nitrogens with zero attached hydrogens (tertiary/aromatic N) is 2. The Bertz CT molecular complexity index is 665. The normalized spacial score (nSPS) is 18.3. The van der Waals surface area contributed by atoms with Crippen LogP contribution in [0, 0.1) is 0 Å². The Morgan fingerprint density at radius 2 is 2.18 bits per heavy atom. The van der Waals surface area contributed by atoms with Crippen LogP contribution in [-0.2, 0) is 0 Å². The largest absolute Gasteiger partial charge is 0.496 e. The predicted molar refractivity (Wildman–Crippen MR) is 82.8 cm³/mol. The van der Waals surface area contributed by atoms with Crippen molar-refractivity contribution in [2.24, 2.45) is 0 Å². The lowest BCUT2D eigenvalue weighted by Gasteiger charge is -2.32. The number of aromatic nitrogens is 1. The van der Waals surface area contributed by atoms with Crippen molar-refractivity contribution in [3.8, 4) is 17.1 Å². The van der Waals surface area contributed by atoms with Gasteiger partial charge < -0.3 is 14.2 Å². The van der Waals surface area contributed by atoms with Gasteiger partial charge in [-0.2, -0.15) is 0 Å². The van der Waals surface area contributed by atoms with E-state index in [0.29, 0.717) is 17.2 Å². The number of methoxy groups -OCH3 is 1. The second-order valence-electron chi connectivity index (χ2n) is 5.62. The van der Waals surface area contributed by atoms with Crippen LogP contribution in [0.5, 0.6) is 5.75 Å². The summed E-state index contributed by atoms with van der Waals surface area (Å²) in [6, 6.07) is 9.48. The number of ether oxygens (including phenoxy) is 1. The Labute approximate surface area is 129 Å². The fourth-order valence-corrected chi connectivity index (χ4v) is 2.90. The summed E-state index contributed by atoms with van der Waals surface area (Å²) in [5.74, 6) is 1.19. The topological polar surface area (TPSA) is 55.6 Å². The summed E-state index contributed by atoms with van der Waals surface area (Å²) in [5, 5.41) is 3.96. The summed E-state index contributed by atoms with van der Waals surface area (Å²) < 4.78 is 10.7. The maximum absolute atomic E-state index is 12.6. The highest BCUT2D eigenvalue weighted by Crippen LogP contribution is 2.30. The molecule has 5 heteroatoms. The maximum Gasteiger partial charge on any atom is 0.276 e. The SMILES string of the molecule is COc1ccccc1-c1cc(C(=O)N2CCCC[C@H]2C)no1. The molecule has 5 nitrogen and oxygen atoms in total. The lowest BCUT2D eigenvalue weighted by atomic mass is 10.0. The maximum atomic E-state index is 12.6. The first-order valence-corrected chi connectivity index (χ1v) is 7.62. The van der Waals surface area contributed by atoms with E-state index in [1.807, 2.05) is 29.2 Å². The van der Waals surface area contributed by atoms with Crippen LogP contribution in [0.2, 0.25) is 0 Å². The number of piperidine rings is 1. The van der Waals surface area contributed by atoms with Crippen LogP contribution in [0.4, 0.5) is 0 Å². The van der Waals surface area contributed by atoms with Crippen LogP contribution in [0.3, 0.4) is 0 Å². The highest BCUT2D eigenvalue weighted by atomic mass is 16.5. The van der Waals surface area contributed by atoms with E-state index in [1.54, 1.807) is 13.2 Å². The van der Waals surface area contributed by atoms with Crippen molar-refractivity contribution in [2.45, 2.75) is 32.2 Å². The molecule has 2 heterocycles. The van der Waals surface area contributed by atoms with Crippen molar-refractivity contribution >= 4 is 5.91 Å². The molecule has 2 aromatic rings. The zero-order valence-corrected chi connectivity index (χ0v) is 12.9. The molecular formula is C17H20N2O3. The first-order chi connectivity index (χ1) is 10.7. The van der Waals surface area contributed by atoms with Crippen molar-refractivity contribution in [2.75, 3.05) is 13.7 Å². The summed E-state index contributed by atoms with van der Waals surface area (Å²) in [7, 11) is 1.61. The van der Waals surface area contributed by atoms with Gasteiger partial charge in [-0.05, 0) is 38.3 Å². The number of hydrogen-bond acceptors (Lipinski definition) is 4. The molecule has 1 atom stereocenters. The van der Waals surface area contributed by atoms with Gasteiger partial charge in [-0.3, -0.25) is 4.79 Å². The first-order valence-electron chi connectivity index (χ1n) is 7.62. The monoisotopic (exact) mass is 300 g/mol. The smallest absolute Gasteiger partial charge is 0.276 e. The summed E-state index contributed by atoms with van der Waals surface area (Å²) in [6.07, 6.45) is 3.27. The van der Waals surface area contributed by atoms with Crippen molar-refractivity contribution < 1.29 is 14.1 Å². The molecule has 116 valence electrons. The summed E-state index contributed by atoms with van der Waals surface area (Å²) >= 11 is 0. The van der Waals surface area contributed by atoms with Crippen LogP contribution >= 0.6 is 0 Å². The number of hydrogen-bond donors (Lipinski definition) is 0. The van der Waals surface area contributed by atoms with Gasteiger partial charge in [0.25, 0.3) is 5.91 Å². The molecule has 0 spiro atoms. The molecule has 0 aliphatic carbocycles. The van der Waals surface area contributed by atoms with Gasteiger partial charge in [-0.1, -0.05) is 17.3 Å². The molecule has 0 unspecified atom stereocenters. The minimum atomic E-state index is -0.0582. The highest BCUT2D eigenvalue weighted by molar-refractivity contribution is 5.93. The molecule has 0 N–H and O–H groups in total. The van der Waals surface area contributed by atoms with Crippen LogP contribution in [0.15, 0.2) is 34.9 Å². The third-order valence-electron chi connectivity index (χ3n) is 4.17. The van der Waals surface area contributed by atoms with Gasteiger partial charge in [-0.15, -0.1) is 0 Å². The van der Waals surface area contributed by atoms with Crippen LogP contribution in [-0.4, -0.2) is 35.7 Å². The lowest BCUT2D eigenvalue weighted by molar-refractivity contribution is 0.0625. The molecule has 1 aromatic heterocycles. The number of benzene rings is 1. The van der Waals surface area contributed by atoms with Crippen molar-refractivity contribution in [1.82, 2.24) is 10.1 Å². The standard InChI is InChI=1S/C17H20N2O3/c1-12-7-5-6-10-19(12)17(20)14-11-16(22-18-14)13-8-3-4-9-15(13)21-2/h3-4,8-9,11-12H,5-7,10H2,1-2H3/t12-/m1/s1. The van der Waals surface area contributed by atoms with Gasteiger partial charge in [-0.25, -0.2) is 0 Å². The Balaban J connectivity index is 1.86. The summed E-state index contributed by atoms with van der Waals surface area (Å²) in [4.78, 5) is 14.5. The number of para-hydroxylation sites is 1. The van der Waals surface area contributed by atoms with E-state index in [0.717, 1.165) is 24.9 Å². The van der Waals surface area contributed by atoms with Gasteiger partial charge in [0.2, 0.25) is 0 Å². The molecule has 3 rings (SSSR count). The van der Waals surface area contributed by atoms with E-state index < -0.39 is 0 Å². The molecule has 1 aliphatic heterocycles. The van der Waals surface area contributed by atoms with E-state index in [4.69, 9.17) is 9.26 Å². The Morgan fingerprint density at radius 1 is 1.36 bits per heavy atom. The van der Waals surface area contributed by atoms with Gasteiger partial charge in [0, 0.05) is 18.7 Å². The van der Waals surface area contributed by atoms with Gasteiger partial charge >= 0.3 is 0 Å². The summed E-state index contributed by atoms with van der Waals surface area (Å²) in [6.45, 7) is 2.87. The lowest BCUT2D eigenvalue weighted by Crippen LogP contribution is -2.42. The number of rotatable bonds is 3. The second-order valence-corrected chi connectivity index (χ2v) is 5.62. The minimum absolute atomic E-state index is 0.0582. The Kier molecular flexibility index (Phi) is 4.13. The third kappa shape index (κ3) is 2.71. The average Bonchev–Trinajstić information content (AvgIpc) is 3.04. The molecule has 1 aromatic carbocycles. The molecule has 1 saturated heterocycles. The van der Waals surface area contributed by atoms with E-state index in [2.05, 4.69) is 12.1 Å². The Morgan fingerprint density at radius 3 is 2.95 bits per heavy atom. The zero-order valence-electron chi connectivity index (χ0n) is 12.9. The third-order valence-corrected chi connectivity index (χ3v) is 4.17. The quantitative estimate of drug-likeness (QED) is 0.872. The predicted octanol–water partition coefficient (Wildman–Crippen LogP) is 3.36. The highest BCUT2D eigenvalue weighted by Gasteiger charge is 2.27. The second kappa shape index (κ2) is 6.22. The van der Waals surface area contributed by atoms with E-state index in [9.17, 15) is 4.79 Å². The van der Waals surface area contributed by atoms with Crippen molar-refractivity contribution in [3.63, 3.8) is 0 Å². The molecule has 0 radical (unpaired) electrons. The molecule has 0 bridgehead atoms. The van der Waals surface area contributed by atoms with Gasteiger partial charge in [0.1, 0.15) is 5.75 Å². The minimum Gasteiger partial charge on any atom is -0.496 e. The van der Waals surface area contributed by atoms with Crippen LogP contribution < -0.4 is 4.74 Å². The molecular weight excluding hydrogens is 280 g/mol. The number of carbonyl (C=O) groups is 1.